The topological polar surface area (TPSA) is 24.5 Å². The first-order chi connectivity index (χ1) is 9.65. The fourth-order valence-corrected chi connectivity index (χ4v) is 3.28. The van der Waals surface area contributed by atoms with Crippen molar-refractivity contribution >= 4 is 0 Å². The summed E-state index contributed by atoms with van der Waals surface area (Å²) in [6, 6.07) is 6.90. The van der Waals surface area contributed by atoms with Gasteiger partial charge >= 0.3 is 0 Å². The van der Waals surface area contributed by atoms with Crippen molar-refractivity contribution in [1.29, 1.82) is 0 Å². The zero-order valence-corrected chi connectivity index (χ0v) is 13.3. The SMILES string of the molecule is CNCC1CCCN(C(C)c2cc(C)ccc2OC)C1. The monoisotopic (exact) mass is 276 g/mol. The minimum Gasteiger partial charge on any atom is -0.496 e. The van der Waals surface area contributed by atoms with E-state index >= 15 is 0 Å². The molecule has 0 saturated carbocycles. The van der Waals surface area contributed by atoms with Crippen LogP contribution in [0.1, 0.15) is 36.9 Å². The van der Waals surface area contributed by atoms with Gasteiger partial charge in [0.05, 0.1) is 7.11 Å². The summed E-state index contributed by atoms with van der Waals surface area (Å²) in [4.78, 5) is 2.60. The van der Waals surface area contributed by atoms with Crippen LogP contribution in [0.15, 0.2) is 18.2 Å². The first-order valence-corrected chi connectivity index (χ1v) is 7.69. The molecule has 3 nitrogen and oxygen atoms in total. The van der Waals surface area contributed by atoms with Gasteiger partial charge in [-0.3, -0.25) is 4.90 Å². The molecule has 3 heteroatoms. The van der Waals surface area contributed by atoms with Crippen molar-refractivity contribution in [3.05, 3.63) is 29.3 Å². The van der Waals surface area contributed by atoms with E-state index in [-0.39, 0.29) is 0 Å². The molecule has 0 aliphatic carbocycles. The van der Waals surface area contributed by atoms with Crippen LogP contribution in [0.3, 0.4) is 0 Å². The van der Waals surface area contributed by atoms with Gasteiger partial charge in [-0.2, -0.15) is 0 Å². The summed E-state index contributed by atoms with van der Waals surface area (Å²) in [6.07, 6.45) is 2.64. The second kappa shape index (κ2) is 7.09. The van der Waals surface area contributed by atoms with Crippen LogP contribution in [0.4, 0.5) is 0 Å². The Morgan fingerprint density at radius 2 is 2.25 bits per heavy atom. The summed E-state index contributed by atoms with van der Waals surface area (Å²) in [5.41, 5.74) is 2.62. The lowest BCUT2D eigenvalue weighted by Gasteiger charge is -2.37. The molecular formula is C17H28N2O. The van der Waals surface area contributed by atoms with E-state index in [4.69, 9.17) is 4.74 Å². The molecule has 2 atom stereocenters. The second-order valence-corrected chi connectivity index (χ2v) is 5.98. The fourth-order valence-electron chi connectivity index (χ4n) is 3.28. The Bertz CT molecular complexity index is 431. The van der Waals surface area contributed by atoms with Crippen molar-refractivity contribution in [3.8, 4) is 5.75 Å². The maximum atomic E-state index is 5.55. The summed E-state index contributed by atoms with van der Waals surface area (Å²) >= 11 is 0. The largest absolute Gasteiger partial charge is 0.496 e. The Hall–Kier alpha value is -1.06. The highest BCUT2D eigenvalue weighted by Gasteiger charge is 2.25. The molecule has 0 radical (unpaired) electrons. The van der Waals surface area contributed by atoms with Crippen molar-refractivity contribution in [3.63, 3.8) is 0 Å². The molecule has 0 amide bonds. The normalized spacial score (nSPS) is 21.7. The maximum Gasteiger partial charge on any atom is 0.123 e. The Labute approximate surface area is 123 Å². The van der Waals surface area contributed by atoms with Crippen LogP contribution in [0.5, 0.6) is 5.75 Å². The van der Waals surface area contributed by atoms with E-state index < -0.39 is 0 Å². The molecule has 0 spiro atoms. The van der Waals surface area contributed by atoms with Crippen LogP contribution in [0, 0.1) is 12.8 Å². The summed E-state index contributed by atoms with van der Waals surface area (Å²) in [7, 11) is 3.81. The number of piperidine rings is 1. The zero-order chi connectivity index (χ0) is 14.5. The number of rotatable bonds is 5. The lowest BCUT2D eigenvalue weighted by Crippen LogP contribution is -2.40. The van der Waals surface area contributed by atoms with Gasteiger partial charge < -0.3 is 10.1 Å². The lowest BCUT2D eigenvalue weighted by molar-refractivity contribution is 0.130. The molecule has 1 aromatic carbocycles. The van der Waals surface area contributed by atoms with Gasteiger partial charge in [0.2, 0.25) is 0 Å². The molecule has 0 bridgehead atoms. The summed E-state index contributed by atoms with van der Waals surface area (Å²) < 4.78 is 5.55. The molecule has 1 aromatic rings. The maximum absolute atomic E-state index is 5.55. The standard InChI is InChI=1S/C17H28N2O/c1-13-7-8-17(20-4)16(10-13)14(2)19-9-5-6-15(12-19)11-18-3/h7-8,10,14-15,18H,5-6,9,11-12H2,1-4H3. The Morgan fingerprint density at radius 3 is 2.95 bits per heavy atom. The van der Waals surface area contributed by atoms with Gasteiger partial charge in [0, 0.05) is 18.2 Å². The number of ether oxygens (including phenoxy) is 1. The van der Waals surface area contributed by atoms with E-state index in [0.717, 1.165) is 18.2 Å². The number of hydrogen-bond acceptors (Lipinski definition) is 3. The average molecular weight is 276 g/mol. The summed E-state index contributed by atoms with van der Waals surface area (Å²) in [5.74, 6) is 1.78. The summed E-state index contributed by atoms with van der Waals surface area (Å²) in [6.45, 7) is 7.94. The molecule has 112 valence electrons. The molecule has 1 N–H and O–H groups in total. The fraction of sp³-hybridized carbons (Fsp3) is 0.647. The van der Waals surface area contributed by atoms with Crippen LogP contribution in [-0.2, 0) is 0 Å². The third-order valence-electron chi connectivity index (χ3n) is 4.43. The van der Waals surface area contributed by atoms with E-state index in [9.17, 15) is 0 Å². The van der Waals surface area contributed by atoms with Gasteiger partial charge in [-0.25, -0.2) is 0 Å². The van der Waals surface area contributed by atoms with E-state index in [1.54, 1.807) is 7.11 Å². The van der Waals surface area contributed by atoms with E-state index in [0.29, 0.717) is 6.04 Å². The van der Waals surface area contributed by atoms with Gasteiger partial charge in [0.15, 0.2) is 0 Å². The highest BCUT2D eigenvalue weighted by atomic mass is 16.5. The number of likely N-dealkylation sites (tertiary alicyclic amines) is 1. The second-order valence-electron chi connectivity index (χ2n) is 5.98. The number of hydrogen-bond donors (Lipinski definition) is 1. The zero-order valence-electron chi connectivity index (χ0n) is 13.3. The molecule has 1 heterocycles. The van der Waals surface area contributed by atoms with Gasteiger partial charge in [0.1, 0.15) is 5.75 Å². The number of methoxy groups -OCH3 is 1. The van der Waals surface area contributed by atoms with E-state index in [1.165, 1.54) is 37.1 Å². The minimum absolute atomic E-state index is 0.421. The van der Waals surface area contributed by atoms with Crippen LogP contribution in [0.25, 0.3) is 0 Å². The van der Waals surface area contributed by atoms with Gasteiger partial charge in [0.25, 0.3) is 0 Å². The predicted octanol–water partition coefficient (Wildman–Crippen LogP) is 3.00. The number of nitrogens with one attached hydrogen (secondary N) is 1. The van der Waals surface area contributed by atoms with Crippen molar-refractivity contribution < 1.29 is 4.74 Å². The minimum atomic E-state index is 0.421. The molecule has 0 aromatic heterocycles. The number of benzene rings is 1. The Morgan fingerprint density at radius 1 is 1.45 bits per heavy atom. The quantitative estimate of drug-likeness (QED) is 0.895. The van der Waals surface area contributed by atoms with Crippen LogP contribution in [-0.4, -0.2) is 38.7 Å². The molecule has 1 saturated heterocycles. The first-order valence-electron chi connectivity index (χ1n) is 7.69. The smallest absolute Gasteiger partial charge is 0.123 e. The molecule has 2 rings (SSSR count). The number of aryl methyl sites for hydroxylation is 1. The average Bonchev–Trinajstić information content (AvgIpc) is 2.47. The van der Waals surface area contributed by atoms with Gasteiger partial charge in [-0.1, -0.05) is 17.7 Å². The Kier molecular flexibility index (Phi) is 5.44. The third-order valence-corrected chi connectivity index (χ3v) is 4.43. The lowest BCUT2D eigenvalue weighted by atomic mass is 9.94. The highest BCUT2D eigenvalue weighted by Crippen LogP contribution is 2.32. The van der Waals surface area contributed by atoms with Crippen molar-refractivity contribution in [2.45, 2.75) is 32.7 Å². The van der Waals surface area contributed by atoms with Crippen LogP contribution >= 0.6 is 0 Å². The van der Waals surface area contributed by atoms with Crippen molar-refractivity contribution in [1.82, 2.24) is 10.2 Å². The van der Waals surface area contributed by atoms with Crippen LogP contribution in [0.2, 0.25) is 0 Å². The van der Waals surface area contributed by atoms with Gasteiger partial charge in [-0.15, -0.1) is 0 Å². The molecule has 1 aliphatic heterocycles. The molecule has 20 heavy (non-hydrogen) atoms. The third kappa shape index (κ3) is 3.53. The molecule has 1 fully saturated rings. The molecular weight excluding hydrogens is 248 g/mol. The predicted molar refractivity (Wildman–Crippen MR) is 84.4 cm³/mol. The van der Waals surface area contributed by atoms with Gasteiger partial charge in [-0.05, 0) is 58.8 Å². The van der Waals surface area contributed by atoms with Crippen molar-refractivity contribution in [2.24, 2.45) is 5.92 Å². The van der Waals surface area contributed by atoms with E-state index in [2.05, 4.69) is 42.3 Å². The highest BCUT2D eigenvalue weighted by molar-refractivity contribution is 5.39. The van der Waals surface area contributed by atoms with Crippen LogP contribution < -0.4 is 10.1 Å². The Balaban J connectivity index is 2.13. The van der Waals surface area contributed by atoms with E-state index in [1.807, 2.05) is 7.05 Å². The summed E-state index contributed by atoms with van der Waals surface area (Å²) in [5, 5.41) is 3.32. The first kappa shape index (κ1) is 15.3. The molecule has 2 unspecified atom stereocenters. The molecule has 1 aliphatic rings. The van der Waals surface area contributed by atoms with Crippen molar-refractivity contribution in [2.75, 3.05) is 33.8 Å². The number of nitrogens with zero attached hydrogens (tertiary/aromatic N) is 1.